The molecule has 2 heterocycles. The van der Waals surface area contributed by atoms with Crippen LogP contribution >= 0.6 is 11.6 Å². The smallest absolute Gasteiger partial charge is 0.350 e. The van der Waals surface area contributed by atoms with Gasteiger partial charge in [-0.25, -0.2) is 9.59 Å². The first-order valence-electron chi connectivity index (χ1n) is 9.41. The van der Waals surface area contributed by atoms with Gasteiger partial charge in [-0.2, -0.15) is 0 Å². The summed E-state index contributed by atoms with van der Waals surface area (Å²) in [4.78, 5) is 37.5. The summed E-state index contributed by atoms with van der Waals surface area (Å²) in [6, 6.07) is 9.53. The highest BCUT2D eigenvalue weighted by atomic mass is 35.5. The lowest BCUT2D eigenvalue weighted by atomic mass is 10.0. The monoisotopic (exact) mass is 443 g/mol. The minimum Gasteiger partial charge on any atom is -0.486 e. The molecule has 0 spiro atoms. The fourth-order valence-corrected chi connectivity index (χ4v) is 3.21. The predicted molar refractivity (Wildman–Crippen MR) is 110 cm³/mol. The number of hydrogen-bond donors (Lipinski definition) is 1. The maximum Gasteiger partial charge on any atom is 0.350 e. The number of benzene rings is 2. The van der Waals surface area contributed by atoms with Gasteiger partial charge < -0.3 is 24.3 Å². The van der Waals surface area contributed by atoms with Crippen LogP contribution < -0.4 is 14.8 Å². The molecule has 160 valence electrons. The highest BCUT2D eigenvalue weighted by molar-refractivity contribution is 6.30. The number of esters is 2. The Morgan fingerprint density at radius 1 is 1.00 bits per heavy atom. The van der Waals surface area contributed by atoms with Crippen molar-refractivity contribution in [1.29, 1.82) is 0 Å². The molecule has 0 aromatic heterocycles. The van der Waals surface area contributed by atoms with Gasteiger partial charge in [0, 0.05) is 42.3 Å². The number of nitrogens with one attached hydrogen (secondary N) is 1. The van der Waals surface area contributed by atoms with Gasteiger partial charge in [-0.3, -0.25) is 4.79 Å². The third kappa shape index (κ3) is 4.34. The predicted octanol–water partition coefficient (Wildman–Crippen LogP) is 3.47. The van der Waals surface area contributed by atoms with E-state index in [1.54, 1.807) is 36.4 Å². The number of ketones is 1. The number of fused-ring (bicyclic) bond motifs is 1. The average molecular weight is 444 g/mol. The molecule has 2 aliphatic rings. The molecular weight excluding hydrogens is 426 g/mol. The molecule has 1 N–H and O–H groups in total. The summed E-state index contributed by atoms with van der Waals surface area (Å²) in [7, 11) is 0. The van der Waals surface area contributed by atoms with E-state index < -0.39 is 17.7 Å². The van der Waals surface area contributed by atoms with Gasteiger partial charge in [-0.15, -0.1) is 0 Å². The Hall–Kier alpha value is -3.52. The molecule has 0 bridgehead atoms. The molecule has 0 radical (unpaired) electrons. The van der Waals surface area contributed by atoms with Gasteiger partial charge in [0.1, 0.15) is 13.2 Å². The lowest BCUT2D eigenvalue weighted by Crippen LogP contribution is -2.42. The summed E-state index contributed by atoms with van der Waals surface area (Å²) in [5.74, 6) is -2.49. The van der Waals surface area contributed by atoms with Gasteiger partial charge in [0.05, 0.1) is 5.69 Å². The van der Waals surface area contributed by atoms with Crippen LogP contribution in [0.2, 0.25) is 5.02 Å². The third-order valence-electron chi connectivity index (χ3n) is 4.52. The Bertz CT molecular complexity index is 1080. The number of carbonyl (C=O) groups excluding carboxylic acids is 3. The summed E-state index contributed by atoms with van der Waals surface area (Å²) in [5, 5.41) is 3.34. The zero-order valence-corrected chi connectivity index (χ0v) is 17.4. The van der Waals surface area contributed by atoms with Crippen LogP contribution in [0.5, 0.6) is 11.5 Å². The van der Waals surface area contributed by atoms with Gasteiger partial charge in [0.25, 0.3) is 5.79 Å². The third-order valence-corrected chi connectivity index (χ3v) is 4.77. The van der Waals surface area contributed by atoms with E-state index in [1.807, 2.05) is 0 Å². The standard InChI is InChI=1S/C22H18ClNO7/c1-22(2)30-20(26)15(21(27)31-22)11-24-16-10-18-17(28-7-8-29-18)9-14(16)19(25)12-3-5-13(23)6-4-12/h3-6,9-11,24H,7-8H2,1-2H3. The van der Waals surface area contributed by atoms with Crippen LogP contribution in [-0.2, 0) is 19.1 Å². The fraction of sp³-hybridized carbons (Fsp3) is 0.227. The van der Waals surface area contributed by atoms with Crippen molar-refractivity contribution in [3.05, 3.63) is 64.3 Å². The Kier molecular flexibility index (Phi) is 5.32. The molecule has 2 aromatic rings. The van der Waals surface area contributed by atoms with Crippen molar-refractivity contribution in [2.24, 2.45) is 0 Å². The van der Waals surface area contributed by atoms with E-state index in [0.717, 1.165) is 6.20 Å². The highest BCUT2D eigenvalue weighted by Gasteiger charge is 2.39. The molecule has 0 saturated carbocycles. The van der Waals surface area contributed by atoms with Gasteiger partial charge in [0.2, 0.25) is 0 Å². The normalized spacial score (nSPS) is 16.8. The van der Waals surface area contributed by atoms with Crippen molar-refractivity contribution in [2.45, 2.75) is 19.6 Å². The molecule has 0 unspecified atom stereocenters. The lowest BCUT2D eigenvalue weighted by Gasteiger charge is -2.29. The first-order valence-corrected chi connectivity index (χ1v) is 9.78. The Morgan fingerprint density at radius 2 is 1.58 bits per heavy atom. The van der Waals surface area contributed by atoms with Crippen LogP contribution in [0.15, 0.2) is 48.2 Å². The molecule has 1 fully saturated rings. The Morgan fingerprint density at radius 3 is 2.19 bits per heavy atom. The number of ether oxygens (including phenoxy) is 4. The van der Waals surface area contributed by atoms with Crippen LogP contribution in [0.4, 0.5) is 5.69 Å². The summed E-state index contributed by atoms with van der Waals surface area (Å²) in [6.07, 6.45) is 1.14. The quantitative estimate of drug-likeness (QED) is 0.332. The second-order valence-corrected chi connectivity index (χ2v) is 7.70. The van der Waals surface area contributed by atoms with E-state index >= 15 is 0 Å². The first kappa shape index (κ1) is 20.7. The molecule has 31 heavy (non-hydrogen) atoms. The molecule has 0 aliphatic carbocycles. The minimum atomic E-state index is -1.35. The number of cyclic esters (lactones) is 2. The molecule has 0 atom stereocenters. The topological polar surface area (TPSA) is 100 Å². The Labute approximate surface area is 182 Å². The van der Waals surface area contributed by atoms with Crippen molar-refractivity contribution < 1.29 is 33.3 Å². The van der Waals surface area contributed by atoms with E-state index in [0.29, 0.717) is 41.0 Å². The van der Waals surface area contributed by atoms with Crippen LogP contribution in [0.25, 0.3) is 0 Å². The summed E-state index contributed by atoms with van der Waals surface area (Å²) in [6.45, 7) is 3.62. The summed E-state index contributed by atoms with van der Waals surface area (Å²) < 4.78 is 21.3. The second kappa shape index (κ2) is 7.96. The maximum absolute atomic E-state index is 13.1. The first-order chi connectivity index (χ1) is 14.7. The molecular formula is C22H18ClNO7. The largest absolute Gasteiger partial charge is 0.486 e. The zero-order chi connectivity index (χ0) is 22.2. The van der Waals surface area contributed by atoms with Crippen molar-refractivity contribution in [1.82, 2.24) is 0 Å². The number of hydrogen-bond acceptors (Lipinski definition) is 8. The molecule has 0 amide bonds. The van der Waals surface area contributed by atoms with E-state index in [-0.39, 0.29) is 16.9 Å². The average Bonchev–Trinajstić information content (AvgIpc) is 2.71. The Balaban J connectivity index is 1.71. The highest BCUT2D eigenvalue weighted by Crippen LogP contribution is 2.37. The molecule has 4 rings (SSSR count). The van der Waals surface area contributed by atoms with Crippen molar-refractivity contribution in [2.75, 3.05) is 18.5 Å². The molecule has 2 aromatic carbocycles. The second-order valence-electron chi connectivity index (χ2n) is 7.26. The van der Waals surface area contributed by atoms with Crippen molar-refractivity contribution in [3.63, 3.8) is 0 Å². The number of carbonyl (C=O) groups is 3. The van der Waals surface area contributed by atoms with Gasteiger partial charge in [-0.05, 0) is 30.3 Å². The molecule has 2 aliphatic heterocycles. The minimum absolute atomic E-state index is 0.251. The lowest BCUT2D eigenvalue weighted by molar-refractivity contribution is -0.222. The van der Waals surface area contributed by atoms with Gasteiger partial charge in [0.15, 0.2) is 22.9 Å². The zero-order valence-electron chi connectivity index (χ0n) is 16.7. The maximum atomic E-state index is 13.1. The van der Waals surface area contributed by atoms with E-state index in [9.17, 15) is 14.4 Å². The van der Waals surface area contributed by atoms with E-state index in [4.69, 9.17) is 30.5 Å². The molecule has 8 nitrogen and oxygen atoms in total. The number of halogens is 1. The van der Waals surface area contributed by atoms with Crippen LogP contribution in [0.1, 0.15) is 29.8 Å². The number of anilines is 1. The molecule has 9 heteroatoms. The summed E-state index contributed by atoms with van der Waals surface area (Å²) in [5.41, 5.74) is 0.623. The van der Waals surface area contributed by atoms with Gasteiger partial charge >= 0.3 is 11.9 Å². The van der Waals surface area contributed by atoms with Crippen LogP contribution in [-0.4, -0.2) is 36.7 Å². The van der Waals surface area contributed by atoms with Crippen molar-refractivity contribution >= 4 is 35.0 Å². The van der Waals surface area contributed by atoms with Gasteiger partial charge in [-0.1, -0.05) is 11.6 Å². The van der Waals surface area contributed by atoms with E-state index in [2.05, 4.69) is 5.32 Å². The van der Waals surface area contributed by atoms with E-state index in [1.165, 1.54) is 13.8 Å². The SMILES string of the molecule is CC1(C)OC(=O)C(=CNc2cc3c(cc2C(=O)c2ccc(Cl)cc2)OCCO3)C(=O)O1. The van der Waals surface area contributed by atoms with Crippen LogP contribution in [0.3, 0.4) is 0 Å². The molecule has 1 saturated heterocycles. The summed E-state index contributed by atoms with van der Waals surface area (Å²) >= 11 is 5.92. The van der Waals surface area contributed by atoms with Crippen molar-refractivity contribution in [3.8, 4) is 11.5 Å². The van der Waals surface area contributed by atoms with Crippen LogP contribution in [0, 0.1) is 0 Å². The fourth-order valence-electron chi connectivity index (χ4n) is 3.08. The number of rotatable bonds is 4.